The summed E-state index contributed by atoms with van der Waals surface area (Å²) in [6.45, 7) is 7.88. The van der Waals surface area contributed by atoms with Crippen LogP contribution >= 0.6 is 0 Å². The SMILES string of the molecule is C[C@H]1CC[C@]2(OC1)O[C@H]1[C@H]3C=C[C@@H]4C[C@@H](OC(=O)c5ccc([NH+]([O-])O)cc5)CC[C@]4(C)[C@H]3CC[C@@H]1[C@H]2C. The van der Waals surface area contributed by atoms with Crippen molar-refractivity contribution in [2.75, 3.05) is 6.61 Å². The Morgan fingerprint density at radius 1 is 1.11 bits per heavy atom. The predicted molar refractivity (Wildman–Crippen MR) is 137 cm³/mol. The number of carbonyl (C=O) groups is 1. The van der Waals surface area contributed by atoms with Crippen molar-refractivity contribution in [3.05, 3.63) is 47.2 Å². The molecule has 202 valence electrons. The van der Waals surface area contributed by atoms with Gasteiger partial charge in [0.1, 0.15) is 6.10 Å². The summed E-state index contributed by atoms with van der Waals surface area (Å²) in [5.74, 6) is 2.23. The van der Waals surface area contributed by atoms with E-state index in [9.17, 15) is 10.0 Å². The first kappa shape index (κ1) is 25.5. The molecule has 2 saturated heterocycles. The number of rotatable bonds is 3. The Morgan fingerprint density at radius 2 is 1.89 bits per heavy atom. The molecule has 7 heteroatoms. The molecule has 2 aliphatic heterocycles. The molecule has 6 rings (SSSR count). The van der Waals surface area contributed by atoms with Gasteiger partial charge in [-0.3, -0.25) is 0 Å². The summed E-state index contributed by atoms with van der Waals surface area (Å²) < 4.78 is 19.3. The Labute approximate surface area is 219 Å². The van der Waals surface area contributed by atoms with Crippen molar-refractivity contribution in [3.8, 4) is 0 Å². The summed E-state index contributed by atoms with van der Waals surface area (Å²) in [6.07, 6.45) is 12.3. The van der Waals surface area contributed by atoms with Crippen molar-refractivity contribution < 1.29 is 29.4 Å². The zero-order chi connectivity index (χ0) is 25.9. The van der Waals surface area contributed by atoms with E-state index in [0.717, 1.165) is 32.3 Å². The van der Waals surface area contributed by atoms with Crippen molar-refractivity contribution in [1.29, 1.82) is 0 Å². The number of esters is 1. The van der Waals surface area contributed by atoms with E-state index in [1.165, 1.54) is 43.5 Å². The lowest BCUT2D eigenvalue weighted by Gasteiger charge is -2.55. The maximum atomic E-state index is 12.8. The molecule has 2 heterocycles. The summed E-state index contributed by atoms with van der Waals surface area (Å²) in [5.41, 5.74) is 0.746. The lowest BCUT2D eigenvalue weighted by atomic mass is 9.50. The first-order valence-corrected chi connectivity index (χ1v) is 14.2. The quantitative estimate of drug-likeness (QED) is 0.344. The van der Waals surface area contributed by atoms with Gasteiger partial charge in [0.05, 0.1) is 18.3 Å². The number of ether oxygens (including phenoxy) is 3. The molecule has 37 heavy (non-hydrogen) atoms. The van der Waals surface area contributed by atoms with Gasteiger partial charge >= 0.3 is 5.97 Å². The fourth-order valence-electron chi connectivity index (χ4n) is 8.38. The molecule has 4 fully saturated rings. The molecule has 0 amide bonds. The molecular weight excluding hydrogens is 470 g/mol. The third-order valence-corrected chi connectivity index (χ3v) is 10.8. The number of benzene rings is 1. The highest BCUT2D eigenvalue weighted by atomic mass is 16.8. The van der Waals surface area contributed by atoms with Crippen LogP contribution in [-0.2, 0) is 14.2 Å². The van der Waals surface area contributed by atoms with Gasteiger partial charge in [0.25, 0.3) is 0 Å². The Balaban J connectivity index is 1.14. The molecule has 1 spiro atoms. The van der Waals surface area contributed by atoms with Gasteiger partial charge in [-0.2, -0.15) is 5.23 Å². The largest absolute Gasteiger partial charge is 0.595 e. The third kappa shape index (κ3) is 4.27. The van der Waals surface area contributed by atoms with E-state index < -0.39 is 11.0 Å². The van der Waals surface area contributed by atoms with Gasteiger partial charge in [-0.05, 0) is 79.7 Å². The molecule has 2 N–H and O–H groups in total. The smallest absolute Gasteiger partial charge is 0.338 e. The van der Waals surface area contributed by atoms with Crippen molar-refractivity contribution in [2.24, 2.45) is 40.9 Å². The van der Waals surface area contributed by atoms with E-state index in [1.54, 1.807) is 0 Å². The molecule has 0 bridgehead atoms. The van der Waals surface area contributed by atoms with E-state index in [1.807, 2.05) is 0 Å². The first-order valence-electron chi connectivity index (χ1n) is 14.2. The van der Waals surface area contributed by atoms with E-state index in [4.69, 9.17) is 19.4 Å². The topological polar surface area (TPSA) is 92.5 Å². The van der Waals surface area contributed by atoms with Crippen LogP contribution in [0.3, 0.4) is 0 Å². The number of carbonyl (C=O) groups excluding carboxylic acids is 1. The molecule has 5 aliphatic rings. The van der Waals surface area contributed by atoms with Crippen molar-refractivity contribution in [2.45, 2.75) is 83.7 Å². The first-order chi connectivity index (χ1) is 17.7. The number of fused-ring (bicyclic) bond motifs is 5. The number of nitrogens with one attached hydrogen (secondary N) is 1. The zero-order valence-electron chi connectivity index (χ0n) is 22.2. The zero-order valence-corrected chi connectivity index (χ0v) is 22.2. The van der Waals surface area contributed by atoms with Crippen LogP contribution in [0.1, 0.15) is 76.1 Å². The average Bonchev–Trinajstić information content (AvgIpc) is 3.17. The Kier molecular flexibility index (Phi) is 6.52. The molecule has 7 nitrogen and oxygen atoms in total. The van der Waals surface area contributed by atoms with Crippen molar-refractivity contribution >= 4 is 11.7 Å². The number of quaternary nitrogens is 1. The van der Waals surface area contributed by atoms with Gasteiger partial charge in [0, 0.05) is 30.4 Å². The van der Waals surface area contributed by atoms with E-state index >= 15 is 0 Å². The summed E-state index contributed by atoms with van der Waals surface area (Å²) >= 11 is 0. The summed E-state index contributed by atoms with van der Waals surface area (Å²) in [6, 6.07) is 5.97. The molecular formula is C30H41NO6. The second-order valence-electron chi connectivity index (χ2n) is 12.7. The molecule has 0 aromatic heterocycles. The second-order valence-corrected chi connectivity index (χ2v) is 12.7. The van der Waals surface area contributed by atoms with Gasteiger partial charge in [-0.15, -0.1) is 0 Å². The molecule has 3 aliphatic carbocycles. The van der Waals surface area contributed by atoms with Gasteiger partial charge in [-0.1, -0.05) is 32.9 Å². The molecule has 1 unspecified atom stereocenters. The molecule has 0 radical (unpaired) electrons. The van der Waals surface area contributed by atoms with Gasteiger partial charge in [0.15, 0.2) is 11.5 Å². The third-order valence-electron chi connectivity index (χ3n) is 10.8. The van der Waals surface area contributed by atoms with E-state index in [0.29, 0.717) is 41.1 Å². The van der Waals surface area contributed by atoms with Gasteiger partial charge in [-0.25, -0.2) is 10.0 Å². The highest BCUT2D eigenvalue weighted by Crippen LogP contribution is 2.62. The van der Waals surface area contributed by atoms with Crippen LogP contribution in [0.15, 0.2) is 36.4 Å². The number of hydrogen-bond acceptors (Lipinski definition) is 6. The van der Waals surface area contributed by atoms with Gasteiger partial charge in [0.2, 0.25) is 0 Å². The van der Waals surface area contributed by atoms with Crippen LogP contribution in [0.25, 0.3) is 0 Å². The average molecular weight is 512 g/mol. The fraction of sp³-hybridized carbons (Fsp3) is 0.700. The molecule has 11 atom stereocenters. The second kappa shape index (κ2) is 9.45. The Bertz CT molecular complexity index is 1030. The summed E-state index contributed by atoms with van der Waals surface area (Å²) in [4.78, 5) is 12.8. The molecule has 2 saturated carbocycles. The number of hydrogen-bond donors (Lipinski definition) is 2. The molecule has 1 aromatic carbocycles. The monoisotopic (exact) mass is 511 g/mol. The maximum absolute atomic E-state index is 12.8. The van der Waals surface area contributed by atoms with E-state index in [-0.39, 0.29) is 29.3 Å². The van der Waals surface area contributed by atoms with Crippen LogP contribution in [-0.4, -0.2) is 35.8 Å². The minimum atomic E-state index is -1.00. The molecule has 1 aromatic rings. The normalized spacial score (nSPS) is 45.5. The fourth-order valence-corrected chi connectivity index (χ4v) is 8.38. The van der Waals surface area contributed by atoms with Crippen LogP contribution in [0.4, 0.5) is 5.69 Å². The highest BCUT2D eigenvalue weighted by Gasteiger charge is 2.61. The lowest BCUT2D eigenvalue weighted by molar-refractivity contribution is -0.991. The predicted octanol–water partition coefficient (Wildman–Crippen LogP) is 4.81. The lowest BCUT2D eigenvalue weighted by Crippen LogP contribution is -2.99. The minimum Gasteiger partial charge on any atom is -0.595 e. The van der Waals surface area contributed by atoms with Crippen molar-refractivity contribution in [1.82, 2.24) is 0 Å². The van der Waals surface area contributed by atoms with Crippen LogP contribution in [0, 0.1) is 46.1 Å². The Hall–Kier alpha value is -1.77. The minimum absolute atomic E-state index is 0.120. The standard InChI is InChI=1S/C30H41NO6/c1-18-12-15-30(35-17-18)19(2)24-10-11-26-25(27(24)37-30)9-6-21-16-23(13-14-29(21,26)3)36-28(32)20-4-7-22(8-5-20)31(33)34/h4-9,18-19,21,23-27,31,33H,10-17H2,1-3H3/t18-,19+,21+,23-,24+,25-,26-,27+,29-,30-/m0/s1. The summed E-state index contributed by atoms with van der Waals surface area (Å²) in [7, 11) is 0. The van der Waals surface area contributed by atoms with Crippen LogP contribution in [0.5, 0.6) is 0 Å². The van der Waals surface area contributed by atoms with E-state index in [2.05, 4.69) is 32.9 Å². The summed E-state index contributed by atoms with van der Waals surface area (Å²) in [5, 5.41) is 19.2. The number of allylic oxidation sites excluding steroid dienone is 1. The van der Waals surface area contributed by atoms with Crippen molar-refractivity contribution in [3.63, 3.8) is 0 Å². The van der Waals surface area contributed by atoms with Crippen LogP contribution < -0.4 is 5.23 Å². The highest BCUT2D eigenvalue weighted by molar-refractivity contribution is 5.89. The van der Waals surface area contributed by atoms with Crippen LogP contribution in [0.2, 0.25) is 0 Å². The van der Waals surface area contributed by atoms with Gasteiger partial charge < -0.3 is 19.4 Å². The Morgan fingerprint density at radius 3 is 2.59 bits per heavy atom. The maximum Gasteiger partial charge on any atom is 0.338 e.